The Morgan fingerprint density at radius 3 is 2.44 bits per heavy atom. The van der Waals surface area contributed by atoms with Gasteiger partial charge in [-0.05, 0) is 56.7 Å². The Kier molecular flexibility index (Phi) is 6.57. The van der Waals surface area contributed by atoms with E-state index in [1.165, 1.54) is 24.3 Å². The van der Waals surface area contributed by atoms with Crippen molar-refractivity contribution in [2.24, 2.45) is 0 Å². The first kappa shape index (κ1) is 20.4. The normalized spacial score (nSPS) is 11.1. The van der Waals surface area contributed by atoms with Gasteiger partial charge >= 0.3 is 5.97 Å². The van der Waals surface area contributed by atoms with Crippen LogP contribution in [0.2, 0.25) is 0 Å². The Hall–Kier alpha value is -2.87. The molecule has 2 rings (SSSR count). The van der Waals surface area contributed by atoms with Gasteiger partial charge in [-0.3, -0.25) is 9.52 Å². The number of rotatable bonds is 7. The van der Waals surface area contributed by atoms with Gasteiger partial charge in [0, 0.05) is 11.7 Å². The maximum atomic E-state index is 12.5. The first-order valence-corrected chi connectivity index (χ1v) is 9.82. The van der Waals surface area contributed by atoms with E-state index in [0.717, 1.165) is 5.56 Å². The standard InChI is InChI=1S/C19H22N2O5S/c1-13(2)20-18(22)12-26-19(23)15-7-5-9-17(11-15)27(24,25)21-16-8-4-6-14(3)10-16/h4-11,13,21H,12H2,1-3H3,(H,20,22). The molecule has 0 aliphatic carbocycles. The van der Waals surface area contributed by atoms with Crippen LogP contribution >= 0.6 is 0 Å². The molecule has 0 radical (unpaired) electrons. The molecular formula is C19H22N2O5S. The van der Waals surface area contributed by atoms with Crippen molar-refractivity contribution in [1.82, 2.24) is 5.32 Å². The van der Waals surface area contributed by atoms with Crippen LogP contribution in [0.3, 0.4) is 0 Å². The predicted molar refractivity (Wildman–Crippen MR) is 102 cm³/mol. The van der Waals surface area contributed by atoms with Crippen molar-refractivity contribution in [3.8, 4) is 0 Å². The second-order valence-electron chi connectivity index (χ2n) is 6.30. The quantitative estimate of drug-likeness (QED) is 0.707. The summed E-state index contributed by atoms with van der Waals surface area (Å²) >= 11 is 0. The second-order valence-corrected chi connectivity index (χ2v) is 7.98. The summed E-state index contributed by atoms with van der Waals surface area (Å²) in [6.07, 6.45) is 0. The number of hydrogen-bond donors (Lipinski definition) is 2. The molecule has 2 aromatic carbocycles. The fourth-order valence-electron chi connectivity index (χ4n) is 2.29. The molecule has 27 heavy (non-hydrogen) atoms. The maximum absolute atomic E-state index is 12.5. The van der Waals surface area contributed by atoms with Crippen LogP contribution in [-0.4, -0.2) is 32.9 Å². The Labute approximate surface area is 158 Å². The zero-order valence-electron chi connectivity index (χ0n) is 15.4. The molecule has 0 aliphatic rings. The molecular weight excluding hydrogens is 368 g/mol. The molecule has 1 amide bonds. The van der Waals surface area contributed by atoms with Crippen LogP contribution in [0.15, 0.2) is 53.4 Å². The number of anilines is 1. The van der Waals surface area contributed by atoms with Crippen molar-refractivity contribution < 1.29 is 22.7 Å². The highest BCUT2D eigenvalue weighted by atomic mass is 32.2. The molecule has 0 unspecified atom stereocenters. The van der Waals surface area contributed by atoms with Crippen molar-refractivity contribution in [2.75, 3.05) is 11.3 Å². The third-order valence-electron chi connectivity index (χ3n) is 3.43. The van der Waals surface area contributed by atoms with Crippen molar-refractivity contribution >= 4 is 27.6 Å². The lowest BCUT2D eigenvalue weighted by molar-refractivity contribution is -0.124. The molecule has 0 spiro atoms. The smallest absolute Gasteiger partial charge is 0.338 e. The molecule has 0 aromatic heterocycles. The fourth-order valence-corrected chi connectivity index (χ4v) is 3.39. The van der Waals surface area contributed by atoms with Crippen LogP contribution in [0.1, 0.15) is 29.8 Å². The van der Waals surface area contributed by atoms with E-state index in [2.05, 4.69) is 10.0 Å². The Balaban J connectivity index is 2.11. The Morgan fingerprint density at radius 1 is 1.07 bits per heavy atom. The van der Waals surface area contributed by atoms with Crippen LogP contribution < -0.4 is 10.0 Å². The van der Waals surface area contributed by atoms with Crippen molar-refractivity contribution in [1.29, 1.82) is 0 Å². The third-order valence-corrected chi connectivity index (χ3v) is 4.81. The molecule has 8 heteroatoms. The van der Waals surface area contributed by atoms with E-state index in [1.807, 2.05) is 13.0 Å². The lowest BCUT2D eigenvalue weighted by Crippen LogP contribution is -2.34. The number of amides is 1. The van der Waals surface area contributed by atoms with Gasteiger partial charge in [0.15, 0.2) is 6.61 Å². The lowest BCUT2D eigenvalue weighted by atomic mass is 10.2. The molecule has 0 saturated carbocycles. The number of benzene rings is 2. The Morgan fingerprint density at radius 2 is 1.78 bits per heavy atom. The molecule has 0 fully saturated rings. The predicted octanol–water partition coefficient (Wildman–Crippen LogP) is 2.48. The van der Waals surface area contributed by atoms with Crippen molar-refractivity contribution in [2.45, 2.75) is 31.7 Å². The average Bonchev–Trinajstić information content (AvgIpc) is 2.59. The summed E-state index contributed by atoms with van der Waals surface area (Å²) in [6.45, 7) is 4.99. The summed E-state index contributed by atoms with van der Waals surface area (Å²) < 4.78 is 32.5. The second kappa shape index (κ2) is 8.68. The SMILES string of the molecule is Cc1cccc(NS(=O)(=O)c2cccc(C(=O)OCC(=O)NC(C)C)c2)c1. The number of esters is 1. The van der Waals surface area contributed by atoms with Gasteiger partial charge < -0.3 is 10.1 Å². The van der Waals surface area contributed by atoms with Gasteiger partial charge in [0.25, 0.3) is 15.9 Å². The number of nitrogens with one attached hydrogen (secondary N) is 2. The lowest BCUT2D eigenvalue weighted by Gasteiger charge is -2.11. The topological polar surface area (TPSA) is 102 Å². The maximum Gasteiger partial charge on any atom is 0.338 e. The number of sulfonamides is 1. The molecule has 0 atom stereocenters. The minimum Gasteiger partial charge on any atom is -0.452 e. The first-order valence-electron chi connectivity index (χ1n) is 8.33. The summed E-state index contributed by atoms with van der Waals surface area (Å²) in [5, 5.41) is 2.59. The fraction of sp³-hybridized carbons (Fsp3) is 0.263. The van der Waals surface area contributed by atoms with Crippen LogP contribution in [-0.2, 0) is 19.6 Å². The summed E-state index contributed by atoms with van der Waals surface area (Å²) in [6, 6.07) is 12.3. The van der Waals surface area contributed by atoms with E-state index < -0.39 is 28.5 Å². The van der Waals surface area contributed by atoms with Gasteiger partial charge in [-0.15, -0.1) is 0 Å². The van der Waals surface area contributed by atoms with Crippen LogP contribution in [0.4, 0.5) is 5.69 Å². The molecule has 144 valence electrons. The number of hydrogen-bond acceptors (Lipinski definition) is 5. The zero-order valence-corrected chi connectivity index (χ0v) is 16.2. The largest absolute Gasteiger partial charge is 0.452 e. The van der Waals surface area contributed by atoms with E-state index in [1.54, 1.807) is 32.0 Å². The molecule has 7 nitrogen and oxygen atoms in total. The van der Waals surface area contributed by atoms with E-state index in [4.69, 9.17) is 4.74 Å². The first-order chi connectivity index (χ1) is 12.7. The molecule has 2 N–H and O–H groups in total. The number of carbonyl (C=O) groups excluding carboxylic acids is 2. The zero-order chi connectivity index (χ0) is 20.0. The summed E-state index contributed by atoms with van der Waals surface area (Å²) in [4.78, 5) is 23.6. The molecule has 0 aliphatic heterocycles. The average molecular weight is 390 g/mol. The number of aryl methyl sites for hydroxylation is 1. The molecule has 0 bridgehead atoms. The van der Waals surface area contributed by atoms with Crippen molar-refractivity contribution in [3.63, 3.8) is 0 Å². The third kappa shape index (κ3) is 6.10. The highest BCUT2D eigenvalue weighted by Gasteiger charge is 2.18. The summed E-state index contributed by atoms with van der Waals surface area (Å²) in [5.74, 6) is -1.20. The van der Waals surface area contributed by atoms with E-state index in [-0.39, 0.29) is 16.5 Å². The van der Waals surface area contributed by atoms with Crippen LogP contribution in [0.5, 0.6) is 0 Å². The van der Waals surface area contributed by atoms with Gasteiger partial charge in [-0.1, -0.05) is 18.2 Å². The van der Waals surface area contributed by atoms with Gasteiger partial charge in [-0.2, -0.15) is 0 Å². The molecule has 0 heterocycles. The van der Waals surface area contributed by atoms with Crippen molar-refractivity contribution in [3.05, 3.63) is 59.7 Å². The van der Waals surface area contributed by atoms with Crippen LogP contribution in [0.25, 0.3) is 0 Å². The van der Waals surface area contributed by atoms with Gasteiger partial charge in [0.1, 0.15) is 0 Å². The number of carbonyl (C=O) groups is 2. The van der Waals surface area contributed by atoms with Gasteiger partial charge in [-0.25, -0.2) is 13.2 Å². The highest BCUT2D eigenvalue weighted by Crippen LogP contribution is 2.18. The van der Waals surface area contributed by atoms with E-state index >= 15 is 0 Å². The number of ether oxygens (including phenoxy) is 1. The summed E-state index contributed by atoms with van der Waals surface area (Å²) in [7, 11) is -3.87. The monoisotopic (exact) mass is 390 g/mol. The Bertz CT molecular complexity index is 939. The van der Waals surface area contributed by atoms with Gasteiger partial charge in [0.05, 0.1) is 10.5 Å². The summed E-state index contributed by atoms with van der Waals surface area (Å²) in [5.41, 5.74) is 1.38. The molecule has 0 saturated heterocycles. The minimum absolute atomic E-state index is 0.0412. The van der Waals surface area contributed by atoms with E-state index in [9.17, 15) is 18.0 Å². The highest BCUT2D eigenvalue weighted by molar-refractivity contribution is 7.92. The minimum atomic E-state index is -3.87. The van der Waals surface area contributed by atoms with E-state index in [0.29, 0.717) is 5.69 Å². The van der Waals surface area contributed by atoms with Gasteiger partial charge in [0.2, 0.25) is 0 Å². The van der Waals surface area contributed by atoms with Crippen LogP contribution in [0, 0.1) is 6.92 Å². The molecule has 2 aromatic rings.